The molecule has 2 rings (SSSR count). The molecule has 1 aromatic rings. The number of hydrogen-bond acceptors (Lipinski definition) is 3. The van der Waals surface area contributed by atoms with Crippen molar-refractivity contribution in [3.05, 3.63) is 18.0 Å². The first-order valence-corrected chi connectivity index (χ1v) is 6.59. The summed E-state index contributed by atoms with van der Waals surface area (Å²) in [7, 11) is 1.81. The molecule has 5 heteroatoms. The van der Waals surface area contributed by atoms with Crippen molar-refractivity contribution >= 4 is 5.91 Å². The molecular formula is C13H22N4O. The summed E-state index contributed by atoms with van der Waals surface area (Å²) in [5.41, 5.74) is 6.66. The van der Waals surface area contributed by atoms with Crippen LogP contribution in [0.2, 0.25) is 0 Å². The smallest absolute Gasteiger partial charge is 0.241 e. The number of carbonyl (C=O) groups excluding carboxylic acids is 1. The summed E-state index contributed by atoms with van der Waals surface area (Å²) in [5, 5.41) is 6.99. The van der Waals surface area contributed by atoms with Crippen molar-refractivity contribution in [1.82, 2.24) is 15.1 Å². The fourth-order valence-electron chi connectivity index (χ4n) is 2.62. The second kappa shape index (κ2) is 5.52. The zero-order chi connectivity index (χ0) is 13.1. The van der Waals surface area contributed by atoms with Gasteiger partial charge in [0.05, 0.1) is 6.20 Å². The Labute approximate surface area is 108 Å². The van der Waals surface area contributed by atoms with Gasteiger partial charge in [-0.15, -0.1) is 0 Å². The Morgan fingerprint density at radius 1 is 1.67 bits per heavy atom. The number of aryl methyl sites for hydroxylation is 1. The highest BCUT2D eigenvalue weighted by Gasteiger charge is 2.25. The molecule has 0 aliphatic heterocycles. The quantitative estimate of drug-likeness (QED) is 0.836. The van der Waals surface area contributed by atoms with E-state index in [1.54, 1.807) is 17.1 Å². The summed E-state index contributed by atoms with van der Waals surface area (Å²) in [6.45, 7) is 3.00. The minimum absolute atomic E-state index is 0.109. The zero-order valence-corrected chi connectivity index (χ0v) is 11.1. The van der Waals surface area contributed by atoms with Crippen molar-refractivity contribution < 1.29 is 4.79 Å². The van der Waals surface area contributed by atoms with Crippen LogP contribution < -0.4 is 11.1 Å². The van der Waals surface area contributed by atoms with Crippen molar-refractivity contribution in [2.24, 2.45) is 24.6 Å². The molecule has 100 valence electrons. The number of carbonyl (C=O) groups is 1. The molecular weight excluding hydrogens is 228 g/mol. The van der Waals surface area contributed by atoms with E-state index in [2.05, 4.69) is 17.3 Å². The Morgan fingerprint density at radius 3 is 3.00 bits per heavy atom. The Balaban J connectivity index is 1.84. The molecule has 3 N–H and O–H groups in total. The third-order valence-electron chi connectivity index (χ3n) is 3.94. The minimum atomic E-state index is -0.615. The van der Waals surface area contributed by atoms with Gasteiger partial charge in [0, 0.05) is 25.4 Å². The summed E-state index contributed by atoms with van der Waals surface area (Å²) >= 11 is 0. The van der Waals surface area contributed by atoms with Crippen LogP contribution in [0.25, 0.3) is 0 Å². The molecule has 3 atom stereocenters. The van der Waals surface area contributed by atoms with Crippen molar-refractivity contribution in [2.45, 2.75) is 32.2 Å². The molecule has 0 saturated heterocycles. The molecule has 1 aliphatic carbocycles. The van der Waals surface area contributed by atoms with Crippen molar-refractivity contribution in [3.63, 3.8) is 0 Å². The second-order valence-electron chi connectivity index (χ2n) is 5.34. The summed E-state index contributed by atoms with van der Waals surface area (Å²) in [4.78, 5) is 11.9. The first-order chi connectivity index (χ1) is 8.58. The Morgan fingerprint density at radius 2 is 2.44 bits per heavy atom. The van der Waals surface area contributed by atoms with Crippen molar-refractivity contribution in [2.75, 3.05) is 6.54 Å². The topological polar surface area (TPSA) is 72.9 Å². The van der Waals surface area contributed by atoms with Crippen molar-refractivity contribution in [3.8, 4) is 0 Å². The van der Waals surface area contributed by atoms with E-state index in [1.165, 1.54) is 19.3 Å². The fourth-order valence-corrected chi connectivity index (χ4v) is 2.62. The van der Waals surface area contributed by atoms with E-state index in [0.29, 0.717) is 11.8 Å². The molecule has 1 heterocycles. The lowest BCUT2D eigenvalue weighted by atomic mass is 9.98. The number of hydrogen-bond donors (Lipinski definition) is 2. The summed E-state index contributed by atoms with van der Waals surface area (Å²) in [6, 6.07) is -0.615. The normalized spacial score (nSPS) is 25.1. The lowest BCUT2D eigenvalue weighted by Gasteiger charge is -2.17. The fraction of sp³-hybridized carbons (Fsp3) is 0.692. The largest absolute Gasteiger partial charge is 0.354 e. The molecule has 3 unspecified atom stereocenters. The second-order valence-corrected chi connectivity index (χ2v) is 5.34. The first-order valence-electron chi connectivity index (χ1n) is 6.59. The van der Waals surface area contributed by atoms with Gasteiger partial charge in [0.25, 0.3) is 0 Å². The number of aromatic nitrogens is 2. The molecule has 0 radical (unpaired) electrons. The predicted molar refractivity (Wildman–Crippen MR) is 69.7 cm³/mol. The van der Waals surface area contributed by atoms with Gasteiger partial charge in [0.2, 0.25) is 5.91 Å². The standard InChI is InChI=1S/C13H22N4O/c1-9-4-3-5-10(9)6-15-13(18)12(14)11-7-16-17(2)8-11/h7-10,12H,3-6,14H2,1-2H3,(H,15,18). The van der Waals surface area contributed by atoms with Gasteiger partial charge in [-0.3, -0.25) is 9.48 Å². The molecule has 5 nitrogen and oxygen atoms in total. The molecule has 0 spiro atoms. The highest BCUT2D eigenvalue weighted by molar-refractivity contribution is 5.82. The van der Waals surface area contributed by atoms with Crippen molar-refractivity contribution in [1.29, 1.82) is 0 Å². The molecule has 1 amide bonds. The molecule has 1 aromatic heterocycles. The minimum Gasteiger partial charge on any atom is -0.354 e. The van der Waals surface area contributed by atoms with Gasteiger partial charge in [-0.2, -0.15) is 5.10 Å². The van der Waals surface area contributed by atoms with E-state index in [9.17, 15) is 4.79 Å². The third kappa shape index (κ3) is 2.90. The summed E-state index contributed by atoms with van der Waals surface area (Å²) < 4.78 is 1.65. The van der Waals surface area contributed by atoms with E-state index in [-0.39, 0.29) is 5.91 Å². The van der Waals surface area contributed by atoms with Gasteiger partial charge in [-0.25, -0.2) is 0 Å². The van der Waals surface area contributed by atoms with Crippen LogP contribution in [0.5, 0.6) is 0 Å². The molecule has 0 aromatic carbocycles. The Kier molecular flexibility index (Phi) is 4.01. The van der Waals surface area contributed by atoms with E-state index in [1.807, 2.05) is 7.05 Å². The monoisotopic (exact) mass is 250 g/mol. The molecule has 18 heavy (non-hydrogen) atoms. The maximum atomic E-state index is 11.9. The van der Waals surface area contributed by atoms with Crippen LogP contribution in [-0.2, 0) is 11.8 Å². The van der Waals surface area contributed by atoms with Gasteiger partial charge in [-0.05, 0) is 18.3 Å². The zero-order valence-electron chi connectivity index (χ0n) is 11.1. The van der Waals surface area contributed by atoms with Crippen LogP contribution in [0.4, 0.5) is 0 Å². The molecule has 1 aliphatic rings. The van der Waals surface area contributed by atoms with Gasteiger partial charge < -0.3 is 11.1 Å². The summed E-state index contributed by atoms with van der Waals surface area (Å²) in [5.74, 6) is 1.21. The van der Waals surface area contributed by atoms with Crippen LogP contribution in [0, 0.1) is 11.8 Å². The van der Waals surface area contributed by atoms with Crippen LogP contribution in [0.15, 0.2) is 12.4 Å². The van der Waals surface area contributed by atoms with Gasteiger partial charge >= 0.3 is 0 Å². The Hall–Kier alpha value is -1.36. The van der Waals surface area contributed by atoms with Gasteiger partial charge in [-0.1, -0.05) is 19.8 Å². The molecule has 1 fully saturated rings. The number of amides is 1. The third-order valence-corrected chi connectivity index (χ3v) is 3.94. The van der Waals surface area contributed by atoms with E-state index < -0.39 is 6.04 Å². The van der Waals surface area contributed by atoms with E-state index in [0.717, 1.165) is 12.1 Å². The maximum absolute atomic E-state index is 11.9. The molecule has 0 bridgehead atoms. The van der Waals surface area contributed by atoms with Crippen LogP contribution in [0.3, 0.4) is 0 Å². The average Bonchev–Trinajstić information content (AvgIpc) is 2.94. The summed E-state index contributed by atoms with van der Waals surface area (Å²) in [6.07, 6.45) is 7.18. The maximum Gasteiger partial charge on any atom is 0.241 e. The highest BCUT2D eigenvalue weighted by Crippen LogP contribution is 2.30. The number of rotatable bonds is 4. The number of nitrogens with zero attached hydrogens (tertiary/aromatic N) is 2. The number of nitrogens with two attached hydrogens (primary N) is 1. The average molecular weight is 250 g/mol. The number of nitrogens with one attached hydrogen (secondary N) is 1. The van der Waals surface area contributed by atoms with Crippen LogP contribution >= 0.6 is 0 Å². The highest BCUT2D eigenvalue weighted by atomic mass is 16.2. The van der Waals surface area contributed by atoms with Gasteiger partial charge in [0.1, 0.15) is 6.04 Å². The predicted octanol–water partition coefficient (Wildman–Crippen LogP) is 0.972. The van der Waals surface area contributed by atoms with Gasteiger partial charge in [0.15, 0.2) is 0 Å². The molecule has 1 saturated carbocycles. The first kappa shape index (κ1) is 13.1. The SMILES string of the molecule is CC1CCCC1CNC(=O)C(N)c1cnn(C)c1. The van der Waals surface area contributed by atoms with E-state index >= 15 is 0 Å². The van der Waals surface area contributed by atoms with E-state index in [4.69, 9.17) is 5.73 Å². The van der Waals surface area contributed by atoms with Crippen LogP contribution in [-0.4, -0.2) is 22.2 Å². The lowest BCUT2D eigenvalue weighted by molar-refractivity contribution is -0.122. The van der Waals surface area contributed by atoms with Crippen LogP contribution in [0.1, 0.15) is 37.8 Å². The Bertz CT molecular complexity index is 415. The lowest BCUT2D eigenvalue weighted by Crippen LogP contribution is -2.37.